The van der Waals surface area contributed by atoms with Gasteiger partial charge in [-0.3, -0.25) is 4.79 Å². The highest BCUT2D eigenvalue weighted by Gasteiger charge is 2.23. The van der Waals surface area contributed by atoms with Crippen LogP contribution in [0.2, 0.25) is 0 Å². The van der Waals surface area contributed by atoms with Gasteiger partial charge in [0.25, 0.3) is 0 Å². The van der Waals surface area contributed by atoms with E-state index in [4.69, 9.17) is 4.63 Å². The zero-order valence-electron chi connectivity index (χ0n) is 14.8. The number of ketones is 1. The van der Waals surface area contributed by atoms with Gasteiger partial charge in [-0.05, 0) is 57.7 Å². The number of nitrogens with zero attached hydrogens (tertiary/aromatic N) is 3. The van der Waals surface area contributed by atoms with E-state index >= 15 is 0 Å². The van der Waals surface area contributed by atoms with E-state index in [2.05, 4.69) is 45.5 Å². The largest absolute Gasteiger partial charge is 0.361 e. The molecule has 2 heterocycles. The molecule has 0 fully saturated rings. The lowest BCUT2D eigenvalue weighted by atomic mass is 10.00. The summed E-state index contributed by atoms with van der Waals surface area (Å²) in [6.07, 6.45) is 0. The van der Waals surface area contributed by atoms with Crippen molar-refractivity contribution in [3.8, 4) is 11.1 Å². The normalized spacial score (nSPS) is 13.1. The quantitative estimate of drug-likeness (QED) is 0.502. The first kappa shape index (κ1) is 15.8. The fourth-order valence-corrected chi connectivity index (χ4v) is 3.70. The predicted molar refractivity (Wildman–Crippen MR) is 104 cm³/mol. The Morgan fingerprint density at radius 3 is 2.44 bits per heavy atom. The minimum Gasteiger partial charge on any atom is -0.361 e. The van der Waals surface area contributed by atoms with Crippen LogP contribution in [-0.4, -0.2) is 16.1 Å². The molecule has 27 heavy (non-hydrogen) atoms. The second kappa shape index (κ2) is 6.06. The van der Waals surface area contributed by atoms with Crippen molar-refractivity contribution < 1.29 is 9.42 Å². The van der Waals surface area contributed by atoms with E-state index in [1.807, 2.05) is 30.3 Å². The van der Waals surface area contributed by atoms with Crippen molar-refractivity contribution in [1.82, 2.24) is 10.3 Å². The van der Waals surface area contributed by atoms with Gasteiger partial charge in [0.05, 0.1) is 5.69 Å². The Balaban J connectivity index is 1.63. The number of Topliss-reactive ketones (excluding diaryl/α,β-unsaturated/α-hetero) is 1. The van der Waals surface area contributed by atoms with Crippen molar-refractivity contribution in [2.75, 3.05) is 4.90 Å². The van der Waals surface area contributed by atoms with Gasteiger partial charge >= 0.3 is 0 Å². The number of rotatable bonds is 3. The van der Waals surface area contributed by atoms with Crippen LogP contribution in [0.5, 0.6) is 0 Å². The van der Waals surface area contributed by atoms with E-state index in [1.165, 1.54) is 11.1 Å². The van der Waals surface area contributed by atoms with Crippen LogP contribution in [0.15, 0.2) is 65.3 Å². The second-order valence-electron chi connectivity index (χ2n) is 6.89. The molecule has 5 nitrogen and oxygen atoms in total. The van der Waals surface area contributed by atoms with Crippen LogP contribution >= 0.6 is 0 Å². The zero-order chi connectivity index (χ0) is 18.4. The molecule has 0 bridgehead atoms. The molecule has 0 N–H and O–H groups in total. The standard InChI is InChI=1S/C22H17N3O2/c1-14(26)15-7-4-8-16(9-15)19-10-20-22(24-27-23-20)21(11-19)25-12-17-5-2-3-6-18(17)13-25/h2-11H,12-13H2,1H3. The summed E-state index contributed by atoms with van der Waals surface area (Å²) in [5.74, 6) is 0.0521. The van der Waals surface area contributed by atoms with E-state index < -0.39 is 0 Å². The molecular weight excluding hydrogens is 338 g/mol. The predicted octanol–water partition coefficient (Wildman–Crippen LogP) is 4.61. The lowest BCUT2D eigenvalue weighted by Crippen LogP contribution is -2.15. The smallest absolute Gasteiger partial charge is 0.159 e. The molecule has 3 aromatic carbocycles. The lowest BCUT2D eigenvalue weighted by molar-refractivity contribution is 0.101. The first-order valence-electron chi connectivity index (χ1n) is 8.88. The molecule has 1 aliphatic rings. The summed E-state index contributed by atoms with van der Waals surface area (Å²) in [7, 11) is 0. The number of benzene rings is 3. The summed E-state index contributed by atoms with van der Waals surface area (Å²) in [6.45, 7) is 3.24. The van der Waals surface area contributed by atoms with Gasteiger partial charge in [0.15, 0.2) is 11.3 Å². The zero-order valence-corrected chi connectivity index (χ0v) is 14.8. The molecule has 0 aliphatic carbocycles. The van der Waals surface area contributed by atoms with Crippen LogP contribution in [0.25, 0.3) is 22.2 Å². The topological polar surface area (TPSA) is 59.2 Å². The van der Waals surface area contributed by atoms with Crippen LogP contribution < -0.4 is 4.90 Å². The van der Waals surface area contributed by atoms with Crippen LogP contribution in [-0.2, 0) is 13.1 Å². The molecule has 1 aliphatic heterocycles. The van der Waals surface area contributed by atoms with Crippen molar-refractivity contribution in [2.45, 2.75) is 20.0 Å². The van der Waals surface area contributed by atoms with Crippen molar-refractivity contribution in [3.05, 3.63) is 77.4 Å². The van der Waals surface area contributed by atoms with Crippen LogP contribution in [0.3, 0.4) is 0 Å². The highest BCUT2D eigenvalue weighted by atomic mass is 16.6. The molecule has 0 radical (unpaired) electrons. The third-order valence-corrected chi connectivity index (χ3v) is 5.12. The summed E-state index contributed by atoms with van der Waals surface area (Å²) < 4.78 is 5.01. The molecule has 0 unspecified atom stereocenters. The maximum absolute atomic E-state index is 11.8. The average Bonchev–Trinajstić information content (AvgIpc) is 3.33. The minimum absolute atomic E-state index is 0.0521. The third-order valence-electron chi connectivity index (χ3n) is 5.12. The first-order chi connectivity index (χ1) is 13.2. The van der Waals surface area contributed by atoms with Crippen molar-refractivity contribution in [3.63, 3.8) is 0 Å². The van der Waals surface area contributed by atoms with Crippen molar-refractivity contribution in [1.29, 1.82) is 0 Å². The van der Waals surface area contributed by atoms with Gasteiger partial charge < -0.3 is 4.90 Å². The summed E-state index contributed by atoms with van der Waals surface area (Å²) in [4.78, 5) is 14.0. The van der Waals surface area contributed by atoms with Gasteiger partial charge in [-0.1, -0.05) is 42.5 Å². The number of carbonyl (C=O) groups is 1. The molecule has 0 saturated heterocycles. The number of hydrogen-bond donors (Lipinski definition) is 0. The van der Waals surface area contributed by atoms with Crippen LogP contribution in [0, 0.1) is 0 Å². The van der Waals surface area contributed by atoms with Gasteiger partial charge in [-0.15, -0.1) is 0 Å². The Morgan fingerprint density at radius 1 is 0.926 bits per heavy atom. The van der Waals surface area contributed by atoms with Gasteiger partial charge in [0.1, 0.15) is 5.52 Å². The van der Waals surface area contributed by atoms with Crippen molar-refractivity contribution >= 4 is 22.5 Å². The molecular formula is C22H17N3O2. The molecule has 0 atom stereocenters. The maximum atomic E-state index is 11.8. The van der Waals surface area contributed by atoms with Gasteiger partial charge in [-0.2, -0.15) is 0 Å². The maximum Gasteiger partial charge on any atom is 0.159 e. The van der Waals surface area contributed by atoms with Crippen LogP contribution in [0.1, 0.15) is 28.4 Å². The fourth-order valence-electron chi connectivity index (χ4n) is 3.70. The number of carbonyl (C=O) groups excluding carboxylic acids is 1. The Kier molecular flexibility index (Phi) is 3.53. The van der Waals surface area contributed by atoms with E-state index in [0.29, 0.717) is 11.1 Å². The Morgan fingerprint density at radius 2 is 1.70 bits per heavy atom. The molecule has 5 rings (SSSR count). The van der Waals surface area contributed by atoms with Gasteiger partial charge in [0.2, 0.25) is 0 Å². The van der Waals surface area contributed by atoms with E-state index in [1.54, 1.807) is 6.92 Å². The first-order valence-corrected chi connectivity index (χ1v) is 8.88. The van der Waals surface area contributed by atoms with E-state index in [9.17, 15) is 4.79 Å². The van der Waals surface area contributed by atoms with Gasteiger partial charge in [0, 0.05) is 18.7 Å². The highest BCUT2D eigenvalue weighted by Crippen LogP contribution is 2.36. The lowest BCUT2D eigenvalue weighted by Gasteiger charge is -2.19. The summed E-state index contributed by atoms with van der Waals surface area (Å²) in [5, 5.41) is 8.19. The van der Waals surface area contributed by atoms with E-state index in [-0.39, 0.29) is 5.78 Å². The molecule has 1 aromatic heterocycles. The Hall–Kier alpha value is -3.47. The SMILES string of the molecule is CC(=O)c1cccc(-c2cc(N3Cc4ccccc4C3)c3nonc3c2)c1. The third kappa shape index (κ3) is 2.68. The molecule has 0 amide bonds. The number of aromatic nitrogens is 2. The van der Waals surface area contributed by atoms with Crippen LogP contribution in [0.4, 0.5) is 5.69 Å². The highest BCUT2D eigenvalue weighted by molar-refractivity contribution is 5.97. The Labute approximate surface area is 156 Å². The monoisotopic (exact) mass is 355 g/mol. The minimum atomic E-state index is 0.0521. The molecule has 132 valence electrons. The number of anilines is 1. The number of fused-ring (bicyclic) bond motifs is 2. The molecule has 0 spiro atoms. The van der Waals surface area contributed by atoms with Gasteiger partial charge in [-0.25, -0.2) is 4.63 Å². The number of hydrogen-bond acceptors (Lipinski definition) is 5. The Bertz CT molecular complexity index is 1150. The molecule has 5 heteroatoms. The summed E-state index contributed by atoms with van der Waals surface area (Å²) in [6, 6.07) is 20.2. The van der Waals surface area contributed by atoms with Crippen molar-refractivity contribution in [2.24, 2.45) is 0 Å². The molecule has 0 saturated carbocycles. The average molecular weight is 355 g/mol. The second-order valence-corrected chi connectivity index (χ2v) is 6.89. The van der Waals surface area contributed by atoms with E-state index in [0.717, 1.165) is 35.4 Å². The fraction of sp³-hybridized carbons (Fsp3) is 0.136. The summed E-state index contributed by atoms with van der Waals surface area (Å²) in [5.41, 5.74) is 7.78. The summed E-state index contributed by atoms with van der Waals surface area (Å²) >= 11 is 0. The molecule has 4 aromatic rings.